The summed E-state index contributed by atoms with van der Waals surface area (Å²) < 4.78 is 13.2. The first-order chi connectivity index (χ1) is 13.6. The Hall–Kier alpha value is -3.32. The predicted octanol–water partition coefficient (Wildman–Crippen LogP) is 3.90. The van der Waals surface area contributed by atoms with Gasteiger partial charge in [-0.25, -0.2) is 4.39 Å². The number of hydrogen-bond donors (Lipinski definition) is 1. The average molecular weight is 394 g/mol. The third-order valence-corrected chi connectivity index (χ3v) is 5.43. The molecule has 1 unspecified atom stereocenters. The fraction of sp³-hybridized carbons (Fsp3) is 0.0952. The van der Waals surface area contributed by atoms with Gasteiger partial charge in [0.05, 0.1) is 18.2 Å². The van der Waals surface area contributed by atoms with E-state index in [4.69, 9.17) is 0 Å². The van der Waals surface area contributed by atoms with Gasteiger partial charge in [0, 0.05) is 22.8 Å². The summed E-state index contributed by atoms with van der Waals surface area (Å²) in [6.45, 7) is 0.238. The number of carbonyl (C=O) groups excluding carboxylic acids is 2. The minimum Gasteiger partial charge on any atom is -0.507 e. The summed E-state index contributed by atoms with van der Waals surface area (Å²) >= 11 is 1.48. The molecule has 28 heavy (non-hydrogen) atoms. The van der Waals surface area contributed by atoms with E-state index >= 15 is 0 Å². The van der Waals surface area contributed by atoms with Gasteiger partial charge in [-0.05, 0) is 47.3 Å². The van der Waals surface area contributed by atoms with Crippen LogP contribution in [0.5, 0.6) is 0 Å². The van der Waals surface area contributed by atoms with Crippen molar-refractivity contribution in [2.45, 2.75) is 12.6 Å². The molecule has 1 amide bonds. The Morgan fingerprint density at radius 3 is 2.57 bits per heavy atom. The molecule has 0 bridgehead atoms. The molecule has 1 aromatic carbocycles. The summed E-state index contributed by atoms with van der Waals surface area (Å²) in [6, 6.07) is 11.6. The summed E-state index contributed by atoms with van der Waals surface area (Å²) in [5.74, 6) is -2.25. The number of aliphatic hydroxyl groups is 1. The molecule has 1 aliphatic rings. The van der Waals surface area contributed by atoms with Crippen molar-refractivity contribution < 1.29 is 19.1 Å². The van der Waals surface area contributed by atoms with E-state index in [0.29, 0.717) is 5.56 Å². The average Bonchev–Trinajstić information content (AvgIpc) is 3.31. The van der Waals surface area contributed by atoms with Crippen LogP contribution in [-0.4, -0.2) is 26.7 Å². The topological polar surface area (TPSA) is 70.5 Å². The van der Waals surface area contributed by atoms with Crippen LogP contribution in [0.15, 0.2) is 71.9 Å². The number of benzene rings is 1. The van der Waals surface area contributed by atoms with Crippen LogP contribution >= 0.6 is 11.3 Å². The molecule has 0 radical (unpaired) electrons. The van der Waals surface area contributed by atoms with Crippen molar-refractivity contribution in [3.05, 3.63) is 93.7 Å². The fourth-order valence-corrected chi connectivity index (χ4v) is 3.96. The van der Waals surface area contributed by atoms with Crippen LogP contribution in [0.4, 0.5) is 4.39 Å². The van der Waals surface area contributed by atoms with Gasteiger partial charge >= 0.3 is 0 Å². The molecule has 2 aromatic heterocycles. The van der Waals surface area contributed by atoms with E-state index in [-0.39, 0.29) is 23.4 Å². The second kappa shape index (κ2) is 7.36. The van der Waals surface area contributed by atoms with Gasteiger partial charge in [-0.2, -0.15) is 0 Å². The van der Waals surface area contributed by atoms with Gasteiger partial charge in [0.25, 0.3) is 11.7 Å². The summed E-state index contributed by atoms with van der Waals surface area (Å²) in [5, 5.41) is 12.7. The lowest BCUT2D eigenvalue weighted by Crippen LogP contribution is -2.28. The number of thiophene rings is 1. The lowest BCUT2D eigenvalue weighted by Gasteiger charge is -2.24. The van der Waals surface area contributed by atoms with E-state index < -0.39 is 23.5 Å². The molecule has 0 saturated carbocycles. The number of Topliss-reactive ketones (excluding diaryl/α,β-unsaturated/α-hetero) is 1. The highest BCUT2D eigenvalue weighted by molar-refractivity contribution is 7.09. The normalized spacial score (nSPS) is 18.6. The first-order valence-corrected chi connectivity index (χ1v) is 9.41. The SMILES string of the molecule is O=C1C(=O)N(Cc2cccs2)C(c2cccnc2)/C1=C(/O)c1ccc(F)cc1. The molecule has 0 aliphatic carbocycles. The van der Waals surface area contributed by atoms with Crippen molar-refractivity contribution in [3.63, 3.8) is 0 Å². The monoisotopic (exact) mass is 394 g/mol. The molecule has 0 spiro atoms. The molecule has 3 heterocycles. The molecule has 7 heteroatoms. The van der Waals surface area contributed by atoms with E-state index in [1.807, 2.05) is 17.5 Å². The Balaban J connectivity index is 1.85. The number of hydrogen-bond acceptors (Lipinski definition) is 5. The molecule has 1 aliphatic heterocycles. The molecular formula is C21H15FN2O3S. The molecule has 1 atom stereocenters. The summed E-state index contributed by atoms with van der Waals surface area (Å²) in [7, 11) is 0. The van der Waals surface area contributed by atoms with E-state index in [0.717, 1.165) is 4.88 Å². The van der Waals surface area contributed by atoms with Crippen molar-refractivity contribution >= 4 is 28.8 Å². The number of halogens is 1. The highest BCUT2D eigenvalue weighted by Crippen LogP contribution is 2.40. The van der Waals surface area contributed by atoms with Gasteiger partial charge in [-0.3, -0.25) is 14.6 Å². The minimum absolute atomic E-state index is 0.0267. The molecule has 4 rings (SSSR count). The highest BCUT2D eigenvalue weighted by Gasteiger charge is 2.46. The molecule has 140 valence electrons. The number of rotatable bonds is 4. The molecular weight excluding hydrogens is 379 g/mol. The van der Waals surface area contributed by atoms with Crippen molar-refractivity contribution in [1.82, 2.24) is 9.88 Å². The fourth-order valence-electron chi connectivity index (χ4n) is 3.26. The molecule has 1 N–H and O–H groups in total. The summed E-state index contributed by atoms with van der Waals surface area (Å²) in [5.41, 5.74) is 0.854. The van der Waals surface area contributed by atoms with Crippen molar-refractivity contribution in [2.24, 2.45) is 0 Å². The Morgan fingerprint density at radius 2 is 1.93 bits per heavy atom. The zero-order valence-corrected chi connectivity index (χ0v) is 15.4. The van der Waals surface area contributed by atoms with Crippen LogP contribution in [0.2, 0.25) is 0 Å². The number of nitrogens with zero attached hydrogens (tertiary/aromatic N) is 2. The van der Waals surface area contributed by atoms with E-state index in [1.54, 1.807) is 24.5 Å². The lowest BCUT2D eigenvalue weighted by molar-refractivity contribution is -0.140. The van der Waals surface area contributed by atoms with Gasteiger partial charge in [-0.15, -0.1) is 11.3 Å². The van der Waals surface area contributed by atoms with E-state index in [9.17, 15) is 19.1 Å². The van der Waals surface area contributed by atoms with Gasteiger partial charge in [0.15, 0.2) is 0 Å². The second-order valence-corrected chi connectivity index (χ2v) is 7.33. The number of ketones is 1. The predicted molar refractivity (Wildman–Crippen MR) is 103 cm³/mol. The van der Waals surface area contributed by atoms with Crippen molar-refractivity contribution in [2.75, 3.05) is 0 Å². The number of aromatic nitrogens is 1. The maximum atomic E-state index is 13.2. The third-order valence-electron chi connectivity index (χ3n) is 4.56. The van der Waals surface area contributed by atoms with Crippen molar-refractivity contribution in [3.8, 4) is 0 Å². The van der Waals surface area contributed by atoms with Gasteiger partial charge in [-0.1, -0.05) is 12.1 Å². The Bertz CT molecular complexity index is 1050. The number of pyridine rings is 1. The Labute approximate surface area is 164 Å². The minimum atomic E-state index is -0.777. The van der Waals surface area contributed by atoms with Crippen LogP contribution in [0.3, 0.4) is 0 Å². The number of carbonyl (C=O) groups is 2. The first kappa shape index (κ1) is 18.1. The third kappa shape index (κ3) is 3.20. The largest absolute Gasteiger partial charge is 0.507 e. The summed E-state index contributed by atoms with van der Waals surface area (Å²) in [4.78, 5) is 32.0. The summed E-state index contributed by atoms with van der Waals surface area (Å²) in [6.07, 6.45) is 3.16. The van der Waals surface area contributed by atoms with E-state index in [2.05, 4.69) is 4.98 Å². The van der Waals surface area contributed by atoms with Crippen molar-refractivity contribution in [1.29, 1.82) is 0 Å². The van der Waals surface area contributed by atoms with E-state index in [1.165, 1.54) is 40.5 Å². The van der Waals surface area contributed by atoms with Crippen LogP contribution in [-0.2, 0) is 16.1 Å². The molecule has 5 nitrogen and oxygen atoms in total. The maximum absolute atomic E-state index is 13.2. The van der Waals surface area contributed by atoms with Gasteiger partial charge in [0.1, 0.15) is 11.6 Å². The highest BCUT2D eigenvalue weighted by atomic mass is 32.1. The zero-order chi connectivity index (χ0) is 19.7. The number of amides is 1. The Morgan fingerprint density at radius 1 is 1.14 bits per heavy atom. The number of aliphatic hydroxyl groups excluding tert-OH is 1. The zero-order valence-electron chi connectivity index (χ0n) is 14.6. The van der Waals surface area contributed by atoms with Crippen LogP contribution in [0.25, 0.3) is 5.76 Å². The van der Waals surface area contributed by atoms with Gasteiger partial charge in [0.2, 0.25) is 0 Å². The van der Waals surface area contributed by atoms with Crippen LogP contribution in [0.1, 0.15) is 22.0 Å². The second-order valence-electron chi connectivity index (χ2n) is 6.30. The maximum Gasteiger partial charge on any atom is 0.295 e. The lowest BCUT2D eigenvalue weighted by atomic mass is 9.96. The van der Waals surface area contributed by atoms with Crippen LogP contribution in [0, 0.1) is 5.82 Å². The number of likely N-dealkylation sites (tertiary alicyclic amines) is 1. The molecule has 1 saturated heterocycles. The first-order valence-electron chi connectivity index (χ1n) is 8.53. The smallest absolute Gasteiger partial charge is 0.295 e. The standard InChI is InChI=1S/C21H15FN2O3S/c22-15-7-5-13(6-8-15)19(25)17-18(14-3-1-9-23-11-14)24(21(27)20(17)26)12-16-4-2-10-28-16/h1-11,18,25H,12H2/b19-17-. The van der Waals surface area contributed by atoms with Crippen LogP contribution < -0.4 is 0 Å². The Kier molecular flexibility index (Phi) is 4.75. The molecule has 3 aromatic rings. The van der Waals surface area contributed by atoms with Gasteiger partial charge < -0.3 is 10.0 Å². The molecule has 1 fully saturated rings. The quantitative estimate of drug-likeness (QED) is 0.414.